The van der Waals surface area contributed by atoms with Gasteiger partial charge >= 0.3 is 0 Å². The maximum absolute atomic E-state index is 14.4. The maximum Gasteiger partial charge on any atom is 0.146 e. The van der Waals surface area contributed by atoms with Gasteiger partial charge in [0.05, 0.1) is 5.69 Å². The third kappa shape index (κ3) is 5.31. The van der Waals surface area contributed by atoms with Crippen molar-refractivity contribution in [1.82, 2.24) is 15.1 Å². The topological polar surface area (TPSA) is 21.8 Å². The van der Waals surface area contributed by atoms with Crippen LogP contribution in [0, 0.1) is 5.82 Å². The molecule has 4 nitrogen and oxygen atoms in total. The largest absolute Gasteiger partial charge is 0.367 e. The summed E-state index contributed by atoms with van der Waals surface area (Å²) in [7, 11) is 2.18. The third-order valence-corrected chi connectivity index (χ3v) is 5.01. The predicted octanol–water partition coefficient (Wildman–Crippen LogP) is 1.84. The molecule has 0 bridgehead atoms. The molecule has 1 N–H and O–H groups in total. The van der Waals surface area contributed by atoms with E-state index in [1.54, 1.807) is 6.07 Å². The van der Waals surface area contributed by atoms with Crippen molar-refractivity contribution in [3.63, 3.8) is 0 Å². The van der Waals surface area contributed by atoms with Gasteiger partial charge < -0.3 is 20.0 Å². The average molecular weight is 357 g/mol. The summed E-state index contributed by atoms with van der Waals surface area (Å²) in [4.78, 5) is 7.03. The van der Waals surface area contributed by atoms with E-state index >= 15 is 0 Å². The lowest BCUT2D eigenvalue weighted by Gasteiger charge is -2.32. The lowest BCUT2D eigenvalue weighted by Crippen LogP contribution is -2.44. The van der Waals surface area contributed by atoms with Crippen LogP contribution in [0.2, 0.25) is 0 Å². The number of nitrogens with zero attached hydrogens (tertiary/aromatic N) is 3. The first-order valence-corrected chi connectivity index (χ1v) is 8.87. The summed E-state index contributed by atoms with van der Waals surface area (Å²) in [5.41, 5.74) is 1.88. The Labute approximate surface area is 151 Å². The Morgan fingerprint density at radius 3 is 2.42 bits per heavy atom. The van der Waals surface area contributed by atoms with Gasteiger partial charge in [0, 0.05) is 52.4 Å². The van der Waals surface area contributed by atoms with Gasteiger partial charge in [-0.25, -0.2) is 4.39 Å². The predicted molar refractivity (Wildman–Crippen MR) is 101 cm³/mol. The van der Waals surface area contributed by atoms with Crippen LogP contribution in [0.3, 0.4) is 0 Å². The van der Waals surface area contributed by atoms with Crippen LogP contribution in [-0.4, -0.2) is 75.8 Å². The number of nitrogens with one attached hydrogen (secondary N) is 1. The van der Waals surface area contributed by atoms with Gasteiger partial charge in [-0.15, -0.1) is 12.4 Å². The molecule has 136 valence electrons. The molecule has 2 heterocycles. The van der Waals surface area contributed by atoms with Crippen molar-refractivity contribution in [2.24, 2.45) is 0 Å². The summed E-state index contributed by atoms with van der Waals surface area (Å²) < 4.78 is 14.4. The van der Waals surface area contributed by atoms with Crippen LogP contribution in [0.5, 0.6) is 0 Å². The molecule has 0 spiro atoms. The lowest BCUT2D eigenvalue weighted by molar-refractivity contribution is 0.153. The maximum atomic E-state index is 14.4. The van der Waals surface area contributed by atoms with Crippen molar-refractivity contribution in [2.45, 2.75) is 12.8 Å². The van der Waals surface area contributed by atoms with Crippen LogP contribution >= 0.6 is 12.4 Å². The monoisotopic (exact) mass is 356 g/mol. The van der Waals surface area contributed by atoms with E-state index in [1.807, 2.05) is 6.07 Å². The number of rotatable bonds is 5. The normalized spacial score (nSPS) is 20.0. The minimum Gasteiger partial charge on any atom is -0.367 e. The Balaban J connectivity index is 0.00000208. The second kappa shape index (κ2) is 9.56. The summed E-state index contributed by atoms with van der Waals surface area (Å²) in [6.07, 6.45) is 2.07. The Kier molecular flexibility index (Phi) is 7.75. The van der Waals surface area contributed by atoms with E-state index in [0.29, 0.717) is 0 Å². The summed E-state index contributed by atoms with van der Waals surface area (Å²) >= 11 is 0. The molecule has 0 radical (unpaired) electrons. The summed E-state index contributed by atoms with van der Waals surface area (Å²) in [5, 5.41) is 3.31. The highest BCUT2D eigenvalue weighted by molar-refractivity contribution is 5.85. The molecule has 3 rings (SSSR count). The molecule has 0 unspecified atom stereocenters. The standard InChI is InChI=1S/C18H29FN4.ClH/c1-21-11-13-22(14-12-21)8-2-3-16-4-5-18(17(19)15-16)23-9-6-20-7-10-23;/h4-5,15,20H,2-3,6-14H2,1H3;1H. The number of hydrogen-bond donors (Lipinski definition) is 1. The molecular weight excluding hydrogens is 327 g/mol. The van der Waals surface area contributed by atoms with Crippen molar-refractivity contribution in [1.29, 1.82) is 0 Å². The Hall–Kier alpha value is -0.880. The van der Waals surface area contributed by atoms with E-state index in [-0.39, 0.29) is 18.2 Å². The molecule has 0 saturated carbocycles. The molecule has 0 amide bonds. The van der Waals surface area contributed by atoms with Crippen molar-refractivity contribution >= 4 is 18.1 Å². The van der Waals surface area contributed by atoms with Crippen LogP contribution in [0.4, 0.5) is 10.1 Å². The Bertz CT molecular complexity index is 500. The Morgan fingerprint density at radius 1 is 1.04 bits per heavy atom. The number of aryl methyl sites for hydroxylation is 1. The molecule has 2 fully saturated rings. The first-order valence-electron chi connectivity index (χ1n) is 8.87. The van der Waals surface area contributed by atoms with E-state index < -0.39 is 0 Å². The zero-order chi connectivity index (χ0) is 16.1. The fourth-order valence-electron chi connectivity index (χ4n) is 3.45. The van der Waals surface area contributed by atoms with E-state index in [4.69, 9.17) is 0 Å². The second-order valence-electron chi connectivity index (χ2n) is 6.77. The molecular formula is C18H30ClFN4. The van der Waals surface area contributed by atoms with Crippen LogP contribution < -0.4 is 10.2 Å². The number of likely N-dealkylation sites (N-methyl/N-ethyl adjacent to an activating group) is 1. The van der Waals surface area contributed by atoms with E-state index in [1.165, 1.54) is 0 Å². The van der Waals surface area contributed by atoms with Crippen LogP contribution in [0.25, 0.3) is 0 Å². The number of anilines is 1. The number of benzene rings is 1. The molecule has 2 saturated heterocycles. The highest BCUT2D eigenvalue weighted by atomic mass is 35.5. The van der Waals surface area contributed by atoms with Crippen molar-refractivity contribution < 1.29 is 4.39 Å². The first-order chi connectivity index (χ1) is 11.2. The minimum atomic E-state index is -0.0657. The minimum absolute atomic E-state index is 0. The average Bonchev–Trinajstić information content (AvgIpc) is 2.58. The zero-order valence-electron chi connectivity index (χ0n) is 14.6. The lowest BCUT2D eigenvalue weighted by atomic mass is 10.1. The van der Waals surface area contributed by atoms with Crippen molar-refractivity contribution in [2.75, 3.05) is 70.9 Å². The molecule has 0 aliphatic carbocycles. The van der Waals surface area contributed by atoms with E-state index in [0.717, 1.165) is 83.0 Å². The number of piperazine rings is 2. The molecule has 1 aromatic carbocycles. The quantitative estimate of drug-likeness (QED) is 0.869. The van der Waals surface area contributed by atoms with Gasteiger partial charge in [-0.05, 0) is 44.1 Å². The highest BCUT2D eigenvalue weighted by Crippen LogP contribution is 2.21. The molecule has 2 aliphatic rings. The van der Waals surface area contributed by atoms with Gasteiger partial charge in [0.25, 0.3) is 0 Å². The SMILES string of the molecule is CN1CCN(CCCc2ccc(N3CCNCC3)c(F)c2)CC1.Cl. The summed E-state index contributed by atoms with van der Waals surface area (Å²) in [6.45, 7) is 9.41. The second-order valence-corrected chi connectivity index (χ2v) is 6.77. The molecule has 0 aromatic heterocycles. The van der Waals surface area contributed by atoms with Gasteiger partial charge in [-0.1, -0.05) is 6.07 Å². The first kappa shape index (κ1) is 19.4. The van der Waals surface area contributed by atoms with Crippen molar-refractivity contribution in [3.05, 3.63) is 29.6 Å². The third-order valence-electron chi connectivity index (χ3n) is 5.01. The summed E-state index contributed by atoms with van der Waals surface area (Å²) in [6, 6.07) is 5.80. The fourth-order valence-corrected chi connectivity index (χ4v) is 3.45. The van der Waals surface area contributed by atoms with Gasteiger partial charge in [0.15, 0.2) is 0 Å². The van der Waals surface area contributed by atoms with Gasteiger partial charge in [-0.3, -0.25) is 0 Å². The van der Waals surface area contributed by atoms with E-state index in [2.05, 4.69) is 33.1 Å². The van der Waals surface area contributed by atoms with Crippen molar-refractivity contribution in [3.8, 4) is 0 Å². The molecule has 2 aliphatic heterocycles. The summed E-state index contributed by atoms with van der Waals surface area (Å²) in [5.74, 6) is -0.0657. The highest BCUT2D eigenvalue weighted by Gasteiger charge is 2.15. The molecule has 1 aromatic rings. The van der Waals surface area contributed by atoms with Crippen LogP contribution in [0.1, 0.15) is 12.0 Å². The zero-order valence-corrected chi connectivity index (χ0v) is 15.5. The van der Waals surface area contributed by atoms with Crippen LogP contribution in [-0.2, 0) is 6.42 Å². The molecule has 24 heavy (non-hydrogen) atoms. The Morgan fingerprint density at radius 2 is 1.75 bits per heavy atom. The smallest absolute Gasteiger partial charge is 0.146 e. The molecule has 6 heteroatoms. The van der Waals surface area contributed by atoms with Gasteiger partial charge in [-0.2, -0.15) is 0 Å². The fraction of sp³-hybridized carbons (Fsp3) is 0.667. The number of halogens is 2. The van der Waals surface area contributed by atoms with Gasteiger partial charge in [0.2, 0.25) is 0 Å². The van der Waals surface area contributed by atoms with Gasteiger partial charge in [0.1, 0.15) is 5.82 Å². The van der Waals surface area contributed by atoms with Crippen LogP contribution in [0.15, 0.2) is 18.2 Å². The van der Waals surface area contributed by atoms with E-state index in [9.17, 15) is 4.39 Å². The molecule has 0 atom stereocenters. The number of hydrogen-bond acceptors (Lipinski definition) is 4.